The zero-order chi connectivity index (χ0) is 20.3. The highest BCUT2D eigenvalue weighted by atomic mass is 16.2. The fraction of sp³-hybridized carbons (Fsp3) is 0.167. The molecule has 0 saturated heterocycles. The number of carbonyl (C=O) groups excluding carboxylic acids is 2. The van der Waals surface area contributed by atoms with Crippen LogP contribution in [0, 0.1) is 6.92 Å². The number of anilines is 3. The summed E-state index contributed by atoms with van der Waals surface area (Å²) >= 11 is 0. The van der Waals surface area contributed by atoms with Crippen molar-refractivity contribution in [2.75, 3.05) is 23.0 Å². The van der Waals surface area contributed by atoms with Crippen molar-refractivity contribution in [1.29, 1.82) is 0 Å². The normalized spacial score (nSPS) is 10.4. The molecule has 0 aliphatic heterocycles. The van der Waals surface area contributed by atoms with Gasteiger partial charge in [0.05, 0.1) is 12.5 Å². The van der Waals surface area contributed by atoms with Gasteiger partial charge >= 0.3 is 0 Å². The van der Waals surface area contributed by atoms with E-state index in [-0.39, 0.29) is 17.4 Å². The number of aryl methyl sites for hydroxylation is 2. The molecule has 144 valence electrons. The molecule has 0 saturated carbocycles. The van der Waals surface area contributed by atoms with Crippen LogP contribution in [0.3, 0.4) is 0 Å². The van der Waals surface area contributed by atoms with Crippen LogP contribution in [0.2, 0.25) is 0 Å². The number of rotatable bonds is 5. The topological polar surface area (TPSA) is 134 Å². The van der Waals surface area contributed by atoms with E-state index in [2.05, 4.69) is 30.9 Å². The summed E-state index contributed by atoms with van der Waals surface area (Å²) in [6.45, 7) is 1.83. The average molecular weight is 381 g/mol. The second-order valence-electron chi connectivity index (χ2n) is 6.05. The standard InChI is InChI=1S/C18H19N7O3/c1-10-4-5-11(6-13(10)23-17(28)14-8-20-9-25(14)3)22-15(26)12-7-21-18(19-2)24-16(12)27/h4-9H,1-3H3,(H,22,26)(H,23,28)(H2,19,21,24,27). The fourth-order valence-electron chi connectivity index (χ4n) is 2.48. The number of carbonyl (C=O) groups is 2. The lowest BCUT2D eigenvalue weighted by atomic mass is 10.1. The highest BCUT2D eigenvalue weighted by Crippen LogP contribution is 2.21. The van der Waals surface area contributed by atoms with Gasteiger partial charge in [0.25, 0.3) is 17.4 Å². The molecule has 10 nitrogen and oxygen atoms in total. The molecule has 0 atom stereocenters. The van der Waals surface area contributed by atoms with E-state index < -0.39 is 11.5 Å². The number of amides is 2. The first-order chi connectivity index (χ1) is 13.4. The van der Waals surface area contributed by atoms with Gasteiger partial charge in [-0.2, -0.15) is 0 Å². The van der Waals surface area contributed by atoms with E-state index in [4.69, 9.17) is 0 Å². The number of hydrogen-bond donors (Lipinski definition) is 4. The Bertz CT molecular complexity index is 1100. The molecule has 0 aliphatic carbocycles. The Kier molecular flexibility index (Phi) is 5.21. The van der Waals surface area contributed by atoms with E-state index in [1.165, 1.54) is 18.7 Å². The molecule has 1 aromatic carbocycles. The summed E-state index contributed by atoms with van der Waals surface area (Å²) in [5.41, 5.74) is 1.48. The third-order valence-electron chi connectivity index (χ3n) is 4.07. The van der Waals surface area contributed by atoms with Crippen molar-refractivity contribution in [3.05, 3.63) is 64.1 Å². The zero-order valence-corrected chi connectivity index (χ0v) is 15.5. The Morgan fingerprint density at radius 3 is 2.57 bits per heavy atom. The van der Waals surface area contributed by atoms with Crippen molar-refractivity contribution in [1.82, 2.24) is 19.5 Å². The number of aromatic amines is 1. The first kappa shape index (κ1) is 18.8. The van der Waals surface area contributed by atoms with Gasteiger partial charge in [0.2, 0.25) is 5.95 Å². The molecule has 3 rings (SSSR count). The molecule has 4 N–H and O–H groups in total. The monoisotopic (exact) mass is 381 g/mol. The molecule has 28 heavy (non-hydrogen) atoms. The number of benzene rings is 1. The van der Waals surface area contributed by atoms with Crippen LogP contribution in [0.25, 0.3) is 0 Å². The summed E-state index contributed by atoms with van der Waals surface area (Å²) in [6.07, 6.45) is 4.19. The molecule has 2 heterocycles. The molecule has 3 aromatic rings. The number of nitrogens with one attached hydrogen (secondary N) is 4. The Hall–Kier alpha value is -3.95. The summed E-state index contributed by atoms with van der Waals surface area (Å²) in [5.74, 6) is -0.670. The van der Waals surface area contributed by atoms with Crippen molar-refractivity contribution in [2.45, 2.75) is 6.92 Å². The van der Waals surface area contributed by atoms with E-state index in [0.717, 1.165) is 5.56 Å². The molecule has 0 unspecified atom stereocenters. The molecule has 0 fully saturated rings. The molecule has 2 aromatic heterocycles. The van der Waals surface area contributed by atoms with Crippen LogP contribution in [-0.2, 0) is 7.05 Å². The van der Waals surface area contributed by atoms with Gasteiger partial charge in [-0.05, 0) is 24.6 Å². The lowest BCUT2D eigenvalue weighted by molar-refractivity contribution is 0.101. The van der Waals surface area contributed by atoms with Crippen LogP contribution in [0.15, 0.2) is 41.7 Å². The SMILES string of the molecule is CNc1ncc(C(=O)Nc2ccc(C)c(NC(=O)c3cncn3C)c2)c(=O)[nH]1. The average Bonchev–Trinajstić information content (AvgIpc) is 3.10. The predicted octanol–water partition coefficient (Wildman–Crippen LogP) is 1.36. The van der Waals surface area contributed by atoms with Crippen LogP contribution >= 0.6 is 0 Å². The third-order valence-corrected chi connectivity index (χ3v) is 4.07. The molecule has 2 amide bonds. The minimum Gasteiger partial charge on any atom is -0.359 e. The Labute approximate surface area is 160 Å². The Balaban J connectivity index is 1.79. The highest BCUT2D eigenvalue weighted by molar-refractivity contribution is 6.06. The van der Waals surface area contributed by atoms with Crippen molar-refractivity contribution in [3.63, 3.8) is 0 Å². The minimum atomic E-state index is -0.607. The van der Waals surface area contributed by atoms with Crippen LogP contribution < -0.4 is 21.5 Å². The first-order valence-corrected chi connectivity index (χ1v) is 8.35. The molecular formula is C18H19N7O3. The van der Waals surface area contributed by atoms with Crippen molar-refractivity contribution < 1.29 is 9.59 Å². The second kappa shape index (κ2) is 7.74. The number of H-pyrrole nitrogens is 1. The van der Waals surface area contributed by atoms with Crippen molar-refractivity contribution in [3.8, 4) is 0 Å². The van der Waals surface area contributed by atoms with Crippen LogP contribution in [-0.4, -0.2) is 38.4 Å². The van der Waals surface area contributed by atoms with Gasteiger partial charge in [-0.3, -0.25) is 19.4 Å². The molecule has 10 heteroatoms. The first-order valence-electron chi connectivity index (χ1n) is 8.35. The number of hydrogen-bond acceptors (Lipinski definition) is 6. The largest absolute Gasteiger partial charge is 0.359 e. The van der Waals surface area contributed by atoms with E-state index in [1.807, 2.05) is 6.92 Å². The Morgan fingerprint density at radius 2 is 1.93 bits per heavy atom. The molecular weight excluding hydrogens is 362 g/mol. The fourth-order valence-corrected chi connectivity index (χ4v) is 2.48. The maximum absolute atomic E-state index is 12.4. The van der Waals surface area contributed by atoms with Gasteiger partial charge in [-0.25, -0.2) is 9.97 Å². The Morgan fingerprint density at radius 1 is 1.14 bits per heavy atom. The smallest absolute Gasteiger partial charge is 0.273 e. The third kappa shape index (κ3) is 3.90. The zero-order valence-electron chi connectivity index (χ0n) is 15.5. The molecule has 0 bridgehead atoms. The molecule has 0 spiro atoms. The number of aromatic nitrogens is 4. The van der Waals surface area contributed by atoms with Gasteiger partial charge < -0.3 is 20.5 Å². The van der Waals surface area contributed by atoms with Crippen LogP contribution in [0.4, 0.5) is 17.3 Å². The summed E-state index contributed by atoms with van der Waals surface area (Å²) in [5, 5.41) is 8.12. The maximum atomic E-state index is 12.4. The van der Waals surface area contributed by atoms with E-state index >= 15 is 0 Å². The van der Waals surface area contributed by atoms with Gasteiger partial charge in [0, 0.05) is 31.7 Å². The van der Waals surface area contributed by atoms with Gasteiger partial charge in [0.15, 0.2) is 0 Å². The van der Waals surface area contributed by atoms with E-state index in [0.29, 0.717) is 17.1 Å². The van der Waals surface area contributed by atoms with E-state index in [1.54, 1.807) is 36.9 Å². The quantitative estimate of drug-likeness (QED) is 0.527. The van der Waals surface area contributed by atoms with Crippen molar-refractivity contribution >= 4 is 29.1 Å². The maximum Gasteiger partial charge on any atom is 0.273 e. The van der Waals surface area contributed by atoms with Gasteiger partial charge in [-0.1, -0.05) is 6.07 Å². The second-order valence-corrected chi connectivity index (χ2v) is 6.05. The minimum absolute atomic E-state index is 0.125. The van der Waals surface area contributed by atoms with Gasteiger partial charge in [0.1, 0.15) is 11.3 Å². The summed E-state index contributed by atoms with van der Waals surface area (Å²) in [6, 6.07) is 5.04. The molecule has 0 radical (unpaired) electrons. The predicted molar refractivity (Wildman–Crippen MR) is 105 cm³/mol. The highest BCUT2D eigenvalue weighted by Gasteiger charge is 2.15. The number of nitrogens with zero attached hydrogens (tertiary/aromatic N) is 3. The summed E-state index contributed by atoms with van der Waals surface area (Å²) < 4.78 is 1.60. The summed E-state index contributed by atoms with van der Waals surface area (Å²) in [4.78, 5) is 47.1. The van der Waals surface area contributed by atoms with Crippen LogP contribution in [0.5, 0.6) is 0 Å². The molecule has 0 aliphatic rings. The lowest BCUT2D eigenvalue weighted by Crippen LogP contribution is -2.24. The lowest BCUT2D eigenvalue weighted by Gasteiger charge is -2.12. The number of imidazole rings is 1. The van der Waals surface area contributed by atoms with E-state index in [9.17, 15) is 14.4 Å². The van der Waals surface area contributed by atoms with Crippen molar-refractivity contribution in [2.24, 2.45) is 7.05 Å². The summed E-state index contributed by atoms with van der Waals surface area (Å²) in [7, 11) is 3.32. The van der Waals surface area contributed by atoms with Gasteiger partial charge in [-0.15, -0.1) is 0 Å². The van der Waals surface area contributed by atoms with Crippen LogP contribution in [0.1, 0.15) is 26.4 Å².